The molecule has 0 radical (unpaired) electrons. The van der Waals surface area contributed by atoms with E-state index in [2.05, 4.69) is 5.32 Å². The van der Waals surface area contributed by atoms with Crippen LogP contribution < -0.4 is 5.32 Å². The van der Waals surface area contributed by atoms with E-state index in [1.165, 1.54) is 0 Å². The molecule has 0 saturated carbocycles. The fourth-order valence-electron chi connectivity index (χ4n) is 1.06. The number of aliphatic hydroxyl groups is 1. The number of alkyl halides is 1. The van der Waals surface area contributed by atoms with Crippen LogP contribution in [-0.2, 0) is 0 Å². The topological polar surface area (TPSA) is 32.3 Å². The van der Waals surface area contributed by atoms with Gasteiger partial charge < -0.3 is 5.11 Å². The summed E-state index contributed by atoms with van der Waals surface area (Å²) < 4.78 is 0. The van der Waals surface area contributed by atoms with Gasteiger partial charge in [-0.15, -0.1) is 11.6 Å². The molecule has 5 heteroatoms. The molecule has 1 aliphatic carbocycles. The molecule has 0 saturated heterocycles. The normalized spacial score (nSPS) is 25.1. The maximum Gasteiger partial charge on any atom is 0.119 e. The molecular weight excluding hydrogens is 232 g/mol. The summed E-state index contributed by atoms with van der Waals surface area (Å²) in [6.07, 6.45) is 3.43. The van der Waals surface area contributed by atoms with Gasteiger partial charge in [0, 0.05) is 16.1 Å². The monoisotopic (exact) mass is 241 g/mol. The molecule has 1 aliphatic rings. The van der Waals surface area contributed by atoms with Crippen molar-refractivity contribution in [3.05, 3.63) is 22.2 Å². The molecule has 0 aromatic heterocycles. The summed E-state index contributed by atoms with van der Waals surface area (Å²) in [5.74, 6) is 0.137. The third kappa shape index (κ3) is 3.49. The molecule has 2 atom stereocenters. The lowest BCUT2D eigenvalue weighted by Gasteiger charge is -2.22. The SMILES string of the molecule is OC(CCl)NC1CC=C(Cl)C=C1Cl. The van der Waals surface area contributed by atoms with Crippen LogP contribution in [0.1, 0.15) is 6.42 Å². The minimum absolute atomic E-state index is 0.0853. The lowest BCUT2D eigenvalue weighted by Crippen LogP contribution is -2.40. The summed E-state index contributed by atoms with van der Waals surface area (Å²) in [5.41, 5.74) is 0. The third-order valence-corrected chi connectivity index (χ3v) is 2.63. The van der Waals surface area contributed by atoms with Crippen molar-refractivity contribution >= 4 is 34.8 Å². The fraction of sp³-hybridized carbons (Fsp3) is 0.500. The van der Waals surface area contributed by atoms with Crippen molar-refractivity contribution in [2.24, 2.45) is 0 Å². The van der Waals surface area contributed by atoms with Crippen molar-refractivity contribution in [3.8, 4) is 0 Å². The van der Waals surface area contributed by atoms with Gasteiger partial charge in [-0.3, -0.25) is 5.32 Å². The highest BCUT2D eigenvalue weighted by Gasteiger charge is 2.17. The van der Waals surface area contributed by atoms with E-state index >= 15 is 0 Å². The number of halogens is 3. The first-order chi connectivity index (χ1) is 6.13. The highest BCUT2D eigenvalue weighted by molar-refractivity contribution is 6.35. The molecule has 13 heavy (non-hydrogen) atoms. The molecule has 0 aliphatic heterocycles. The minimum Gasteiger partial charge on any atom is -0.377 e. The zero-order chi connectivity index (χ0) is 9.84. The molecule has 0 aromatic rings. The van der Waals surface area contributed by atoms with Gasteiger partial charge in [-0.05, 0) is 12.5 Å². The van der Waals surface area contributed by atoms with Gasteiger partial charge in [-0.1, -0.05) is 29.3 Å². The number of aliphatic hydroxyl groups excluding tert-OH is 1. The van der Waals surface area contributed by atoms with E-state index in [4.69, 9.17) is 34.8 Å². The zero-order valence-electron chi connectivity index (χ0n) is 6.80. The van der Waals surface area contributed by atoms with E-state index in [1.807, 2.05) is 6.08 Å². The quantitative estimate of drug-likeness (QED) is 0.587. The van der Waals surface area contributed by atoms with Gasteiger partial charge in [0.15, 0.2) is 0 Å². The van der Waals surface area contributed by atoms with Crippen molar-refractivity contribution in [2.75, 3.05) is 5.88 Å². The average molecular weight is 243 g/mol. The second-order valence-corrected chi connectivity index (χ2v) is 3.92. The van der Waals surface area contributed by atoms with Crippen LogP contribution in [0.15, 0.2) is 22.2 Å². The smallest absolute Gasteiger partial charge is 0.119 e. The Balaban J connectivity index is 2.51. The summed E-state index contributed by atoms with van der Waals surface area (Å²) in [6, 6.07) is -0.0853. The van der Waals surface area contributed by atoms with Crippen LogP contribution >= 0.6 is 34.8 Å². The number of hydrogen-bond acceptors (Lipinski definition) is 2. The fourth-order valence-corrected chi connectivity index (χ4v) is 1.68. The molecule has 0 amide bonds. The van der Waals surface area contributed by atoms with E-state index in [0.717, 1.165) is 0 Å². The van der Waals surface area contributed by atoms with Gasteiger partial charge in [0.1, 0.15) is 6.23 Å². The van der Waals surface area contributed by atoms with E-state index in [1.54, 1.807) is 6.08 Å². The van der Waals surface area contributed by atoms with Crippen LogP contribution in [-0.4, -0.2) is 23.3 Å². The summed E-state index contributed by atoms with van der Waals surface area (Å²) in [7, 11) is 0. The first kappa shape index (κ1) is 11.3. The van der Waals surface area contributed by atoms with E-state index in [9.17, 15) is 5.11 Å². The summed E-state index contributed by atoms with van der Waals surface area (Å²) in [5, 5.41) is 13.3. The van der Waals surface area contributed by atoms with Crippen molar-refractivity contribution < 1.29 is 5.11 Å². The molecule has 2 N–H and O–H groups in total. The highest BCUT2D eigenvalue weighted by atomic mass is 35.5. The minimum atomic E-state index is -0.737. The largest absolute Gasteiger partial charge is 0.377 e. The lowest BCUT2D eigenvalue weighted by atomic mass is 10.1. The lowest BCUT2D eigenvalue weighted by molar-refractivity contribution is 0.150. The molecule has 0 fully saturated rings. The Bertz CT molecular complexity index is 240. The molecular formula is C8H10Cl3NO. The number of rotatable bonds is 3. The number of allylic oxidation sites excluding steroid dienone is 2. The van der Waals surface area contributed by atoms with Crippen molar-refractivity contribution in [1.82, 2.24) is 5.32 Å². The van der Waals surface area contributed by atoms with Gasteiger partial charge in [-0.2, -0.15) is 0 Å². The highest BCUT2D eigenvalue weighted by Crippen LogP contribution is 2.23. The average Bonchev–Trinajstić information content (AvgIpc) is 2.09. The summed E-state index contributed by atoms with van der Waals surface area (Å²) >= 11 is 17.1. The first-order valence-electron chi connectivity index (χ1n) is 3.86. The molecule has 0 heterocycles. The van der Waals surface area contributed by atoms with Crippen LogP contribution in [0, 0.1) is 0 Å². The van der Waals surface area contributed by atoms with E-state index < -0.39 is 6.23 Å². The van der Waals surface area contributed by atoms with Gasteiger partial charge in [0.2, 0.25) is 0 Å². The molecule has 2 nitrogen and oxygen atoms in total. The summed E-state index contributed by atoms with van der Waals surface area (Å²) in [4.78, 5) is 0. The second kappa shape index (κ2) is 5.23. The van der Waals surface area contributed by atoms with Crippen molar-refractivity contribution in [2.45, 2.75) is 18.7 Å². The Morgan fingerprint density at radius 1 is 1.62 bits per heavy atom. The summed E-state index contributed by atoms with van der Waals surface area (Å²) in [6.45, 7) is 0. The molecule has 74 valence electrons. The molecule has 0 bridgehead atoms. The standard InChI is InChI=1S/C8H10Cl3NO/c9-4-8(13)12-7-2-1-5(10)3-6(7)11/h1,3,7-8,12-13H,2,4H2. The first-order valence-corrected chi connectivity index (χ1v) is 5.15. The van der Waals surface area contributed by atoms with Crippen molar-refractivity contribution in [3.63, 3.8) is 0 Å². The maximum absolute atomic E-state index is 9.21. The zero-order valence-corrected chi connectivity index (χ0v) is 9.07. The van der Waals surface area contributed by atoms with E-state index in [-0.39, 0.29) is 11.9 Å². The van der Waals surface area contributed by atoms with Crippen LogP contribution in [0.2, 0.25) is 0 Å². The molecule has 0 spiro atoms. The van der Waals surface area contributed by atoms with Gasteiger partial charge in [0.05, 0.1) is 5.88 Å². The Kier molecular flexibility index (Phi) is 4.56. The van der Waals surface area contributed by atoms with Crippen LogP contribution in [0.4, 0.5) is 0 Å². The molecule has 0 aromatic carbocycles. The van der Waals surface area contributed by atoms with Crippen LogP contribution in [0.3, 0.4) is 0 Å². The predicted molar refractivity (Wildman–Crippen MR) is 56.1 cm³/mol. The molecule has 2 unspecified atom stereocenters. The number of nitrogens with one attached hydrogen (secondary N) is 1. The Hall–Kier alpha value is 0.270. The van der Waals surface area contributed by atoms with Gasteiger partial charge in [-0.25, -0.2) is 0 Å². The van der Waals surface area contributed by atoms with E-state index in [0.29, 0.717) is 16.5 Å². The predicted octanol–water partition coefficient (Wildman–Crippen LogP) is 2.15. The van der Waals surface area contributed by atoms with Crippen LogP contribution in [0.5, 0.6) is 0 Å². The van der Waals surface area contributed by atoms with Gasteiger partial charge in [0.25, 0.3) is 0 Å². The number of hydrogen-bond donors (Lipinski definition) is 2. The molecule has 1 rings (SSSR count). The second-order valence-electron chi connectivity index (χ2n) is 2.74. The third-order valence-electron chi connectivity index (χ3n) is 1.70. The van der Waals surface area contributed by atoms with Crippen LogP contribution in [0.25, 0.3) is 0 Å². The maximum atomic E-state index is 9.21. The Labute approximate surface area is 92.2 Å². The van der Waals surface area contributed by atoms with Crippen molar-refractivity contribution in [1.29, 1.82) is 0 Å². The Morgan fingerprint density at radius 3 is 2.85 bits per heavy atom. The van der Waals surface area contributed by atoms with Gasteiger partial charge >= 0.3 is 0 Å². The Morgan fingerprint density at radius 2 is 2.31 bits per heavy atom.